The predicted molar refractivity (Wildman–Crippen MR) is 137 cm³/mol. The van der Waals surface area contributed by atoms with Gasteiger partial charge in [-0.2, -0.15) is 9.97 Å². The van der Waals surface area contributed by atoms with Gasteiger partial charge in [-0.3, -0.25) is 4.98 Å². The van der Waals surface area contributed by atoms with Gasteiger partial charge in [-0.15, -0.1) is 0 Å². The van der Waals surface area contributed by atoms with E-state index in [0.717, 1.165) is 6.07 Å². The van der Waals surface area contributed by atoms with Crippen LogP contribution in [-0.2, 0) is 4.74 Å². The molecule has 11 heteroatoms. The van der Waals surface area contributed by atoms with Gasteiger partial charge in [0.05, 0.1) is 12.5 Å². The van der Waals surface area contributed by atoms with Crippen LogP contribution in [0.4, 0.5) is 23.8 Å². The van der Waals surface area contributed by atoms with Gasteiger partial charge in [0.2, 0.25) is 0 Å². The Labute approximate surface area is 217 Å². The average molecular weight is 526 g/mol. The molecule has 198 valence electrons. The molecule has 38 heavy (non-hydrogen) atoms. The fraction of sp³-hybridized carbons (Fsp3) is 0.333. The summed E-state index contributed by atoms with van der Waals surface area (Å²) in [6.07, 6.45) is 1.01. The molecule has 5 rings (SSSR count). The van der Waals surface area contributed by atoms with Crippen molar-refractivity contribution in [2.75, 3.05) is 38.2 Å². The maximum Gasteiger partial charge on any atom is 0.410 e. The zero-order chi connectivity index (χ0) is 27.2. The topological polar surface area (TPSA) is 80.7 Å². The summed E-state index contributed by atoms with van der Waals surface area (Å²) in [5.74, 6) is -2.54. The number of benzene rings is 2. The predicted octanol–water partition coefficient (Wildman–Crippen LogP) is 5.33. The van der Waals surface area contributed by atoms with E-state index >= 15 is 4.39 Å². The van der Waals surface area contributed by atoms with E-state index in [2.05, 4.69) is 15.0 Å². The van der Waals surface area contributed by atoms with Crippen LogP contribution in [0.15, 0.2) is 36.5 Å². The maximum atomic E-state index is 16.0. The first-order valence-electron chi connectivity index (χ1n) is 12.1. The number of hydrogen-bond donors (Lipinski definition) is 0. The fourth-order valence-corrected chi connectivity index (χ4v) is 4.48. The van der Waals surface area contributed by atoms with Crippen molar-refractivity contribution in [3.05, 3.63) is 54.0 Å². The number of carbonyl (C=O) groups excluding carboxylic acids is 1. The number of carbonyl (C=O) groups is 1. The third-order valence-corrected chi connectivity index (χ3v) is 6.25. The molecular weight excluding hydrogens is 499 g/mol. The van der Waals surface area contributed by atoms with Crippen LogP contribution in [0, 0.1) is 17.5 Å². The Morgan fingerprint density at radius 1 is 0.974 bits per heavy atom. The van der Waals surface area contributed by atoms with Gasteiger partial charge in [-0.25, -0.2) is 18.0 Å². The Hall–Kier alpha value is -4.15. The summed E-state index contributed by atoms with van der Waals surface area (Å²) in [7, 11) is 1.37. The third kappa shape index (κ3) is 4.64. The number of fused-ring (bicyclic) bond motifs is 2. The quantitative estimate of drug-likeness (QED) is 0.358. The molecular formula is C27H26F3N5O3. The number of nitrogens with zero attached hydrogens (tertiary/aromatic N) is 5. The number of aromatic nitrogens is 3. The van der Waals surface area contributed by atoms with E-state index in [1.54, 1.807) is 37.8 Å². The lowest BCUT2D eigenvalue weighted by Crippen LogP contribution is -2.50. The molecule has 0 atom stereocenters. The van der Waals surface area contributed by atoms with Crippen molar-refractivity contribution in [1.82, 2.24) is 19.9 Å². The van der Waals surface area contributed by atoms with Gasteiger partial charge in [0, 0.05) is 43.3 Å². The summed E-state index contributed by atoms with van der Waals surface area (Å²) in [5.41, 5.74) is -0.748. The van der Waals surface area contributed by atoms with E-state index in [9.17, 15) is 13.6 Å². The van der Waals surface area contributed by atoms with Crippen molar-refractivity contribution in [3.8, 4) is 17.3 Å². The molecule has 2 aromatic heterocycles. The van der Waals surface area contributed by atoms with Crippen LogP contribution in [0.5, 0.6) is 6.01 Å². The summed E-state index contributed by atoms with van der Waals surface area (Å²) >= 11 is 0. The van der Waals surface area contributed by atoms with E-state index in [0.29, 0.717) is 42.8 Å². The zero-order valence-corrected chi connectivity index (χ0v) is 21.4. The van der Waals surface area contributed by atoms with E-state index in [1.807, 2.05) is 4.90 Å². The molecule has 1 saturated heterocycles. The van der Waals surface area contributed by atoms with Crippen molar-refractivity contribution in [2.24, 2.45) is 0 Å². The molecule has 8 nitrogen and oxygen atoms in total. The first kappa shape index (κ1) is 25.5. The monoisotopic (exact) mass is 525 g/mol. The summed E-state index contributed by atoms with van der Waals surface area (Å²) in [4.78, 5) is 28.9. The van der Waals surface area contributed by atoms with E-state index < -0.39 is 29.1 Å². The number of amides is 1. The van der Waals surface area contributed by atoms with Crippen molar-refractivity contribution in [3.63, 3.8) is 0 Å². The molecule has 0 bridgehead atoms. The lowest BCUT2D eigenvalue weighted by atomic mass is 10.00. The molecule has 0 radical (unpaired) electrons. The second-order valence-corrected chi connectivity index (χ2v) is 9.94. The van der Waals surface area contributed by atoms with Gasteiger partial charge < -0.3 is 19.3 Å². The van der Waals surface area contributed by atoms with Gasteiger partial charge in [0.1, 0.15) is 22.6 Å². The van der Waals surface area contributed by atoms with Crippen LogP contribution < -0.4 is 9.64 Å². The minimum absolute atomic E-state index is 0.0618. The number of anilines is 1. The van der Waals surface area contributed by atoms with E-state index in [1.165, 1.54) is 25.4 Å². The van der Waals surface area contributed by atoms with Crippen LogP contribution in [0.2, 0.25) is 0 Å². The highest BCUT2D eigenvalue weighted by molar-refractivity contribution is 5.99. The number of pyridine rings is 1. The lowest BCUT2D eigenvalue weighted by Gasteiger charge is -2.36. The number of piperazine rings is 1. The SMILES string of the molecule is COc1nc(N2CCN(C(=O)OC(C)(C)C)CC2)c2cnc(-c3cccc4ccc(F)c(F)c34)c(F)c2n1. The van der Waals surface area contributed by atoms with Gasteiger partial charge in [-0.05, 0) is 32.2 Å². The standard InChI is InChI=1S/C27H26F3N5O3/c1-27(2,3)38-26(36)35-12-10-34(11-13-35)24-17-14-31-22(21(30)23(17)32-25(33-24)37-4)16-7-5-6-15-8-9-18(28)20(29)19(15)16/h5-9,14H,10-13H2,1-4H3. The van der Waals surface area contributed by atoms with Crippen LogP contribution >= 0.6 is 0 Å². The van der Waals surface area contributed by atoms with Crippen LogP contribution in [0.25, 0.3) is 32.9 Å². The molecule has 0 N–H and O–H groups in total. The Balaban J connectivity index is 1.55. The average Bonchev–Trinajstić information content (AvgIpc) is 2.89. The fourth-order valence-electron chi connectivity index (χ4n) is 4.48. The lowest BCUT2D eigenvalue weighted by molar-refractivity contribution is 0.0240. The first-order chi connectivity index (χ1) is 18.1. The van der Waals surface area contributed by atoms with Crippen molar-refractivity contribution >= 4 is 33.6 Å². The van der Waals surface area contributed by atoms with Gasteiger partial charge >= 0.3 is 12.1 Å². The van der Waals surface area contributed by atoms with Crippen LogP contribution in [0.3, 0.4) is 0 Å². The zero-order valence-electron chi connectivity index (χ0n) is 21.4. The van der Waals surface area contributed by atoms with Gasteiger partial charge in [0.15, 0.2) is 17.5 Å². The van der Waals surface area contributed by atoms with Crippen LogP contribution in [-0.4, -0.2) is 64.8 Å². The summed E-state index contributed by atoms with van der Waals surface area (Å²) in [5, 5.41) is 0.661. The number of halogens is 3. The van der Waals surface area contributed by atoms with Crippen molar-refractivity contribution in [2.45, 2.75) is 26.4 Å². The minimum atomic E-state index is -1.08. The molecule has 1 aliphatic rings. The number of hydrogen-bond acceptors (Lipinski definition) is 7. The molecule has 0 aliphatic carbocycles. The number of methoxy groups -OCH3 is 1. The second-order valence-electron chi connectivity index (χ2n) is 9.94. The molecule has 0 spiro atoms. The number of ether oxygens (including phenoxy) is 2. The molecule has 1 fully saturated rings. The molecule has 3 heterocycles. The smallest absolute Gasteiger partial charge is 0.410 e. The Kier molecular flexibility index (Phi) is 6.46. The first-order valence-corrected chi connectivity index (χ1v) is 12.1. The summed E-state index contributed by atoms with van der Waals surface area (Å²) in [6.45, 7) is 6.98. The molecule has 1 aliphatic heterocycles. The highest BCUT2D eigenvalue weighted by atomic mass is 19.2. The highest BCUT2D eigenvalue weighted by Crippen LogP contribution is 2.36. The Morgan fingerprint density at radius 2 is 1.71 bits per heavy atom. The minimum Gasteiger partial charge on any atom is -0.467 e. The summed E-state index contributed by atoms with van der Waals surface area (Å²) < 4.78 is 55.5. The largest absolute Gasteiger partial charge is 0.467 e. The number of rotatable bonds is 3. The molecule has 2 aromatic carbocycles. The van der Waals surface area contributed by atoms with E-state index in [4.69, 9.17) is 9.47 Å². The van der Waals surface area contributed by atoms with Gasteiger partial charge in [0.25, 0.3) is 0 Å². The van der Waals surface area contributed by atoms with Gasteiger partial charge in [-0.1, -0.05) is 24.3 Å². The molecule has 0 unspecified atom stereocenters. The third-order valence-electron chi connectivity index (χ3n) is 6.25. The maximum absolute atomic E-state index is 16.0. The van der Waals surface area contributed by atoms with Crippen molar-refractivity contribution < 1.29 is 27.4 Å². The molecule has 0 saturated carbocycles. The van der Waals surface area contributed by atoms with E-state index in [-0.39, 0.29) is 28.2 Å². The summed E-state index contributed by atoms with van der Waals surface area (Å²) in [6, 6.07) is 7.11. The second kappa shape index (κ2) is 9.62. The van der Waals surface area contributed by atoms with Crippen LogP contribution in [0.1, 0.15) is 20.8 Å². The molecule has 1 amide bonds. The van der Waals surface area contributed by atoms with Crippen molar-refractivity contribution in [1.29, 1.82) is 0 Å². The molecule has 4 aromatic rings. The Morgan fingerprint density at radius 3 is 2.39 bits per heavy atom. The Bertz CT molecular complexity index is 1550. The highest BCUT2D eigenvalue weighted by Gasteiger charge is 2.28. The normalized spacial score (nSPS) is 14.3.